The van der Waals surface area contributed by atoms with Crippen LogP contribution in [0.25, 0.3) is 11.6 Å². The first-order chi connectivity index (χ1) is 10.5. The molecule has 0 radical (unpaired) electrons. The van der Waals surface area contributed by atoms with Crippen LogP contribution in [0.5, 0.6) is 11.5 Å². The number of hydrogen-bond donors (Lipinski definition) is 2. The fourth-order valence-corrected chi connectivity index (χ4v) is 2.23. The van der Waals surface area contributed by atoms with Crippen LogP contribution in [0.4, 0.5) is 0 Å². The Balaban J connectivity index is 2.43. The molecule has 0 spiro atoms. The number of carbonyl (C=O) groups is 1. The molecule has 0 fully saturated rings. The van der Waals surface area contributed by atoms with E-state index in [1.54, 1.807) is 30.3 Å². The summed E-state index contributed by atoms with van der Waals surface area (Å²) in [6.07, 6.45) is 1.50. The fourth-order valence-electron chi connectivity index (χ4n) is 1.99. The van der Waals surface area contributed by atoms with Gasteiger partial charge in [-0.15, -0.1) is 0 Å². The van der Waals surface area contributed by atoms with Gasteiger partial charge in [0.1, 0.15) is 11.5 Å². The van der Waals surface area contributed by atoms with Crippen molar-refractivity contribution in [2.75, 3.05) is 6.61 Å². The molecule has 0 aliphatic carbocycles. The largest absolute Gasteiger partial charge is 0.508 e. The van der Waals surface area contributed by atoms with Gasteiger partial charge in [-0.2, -0.15) is 0 Å². The van der Waals surface area contributed by atoms with Crippen LogP contribution in [0.2, 0.25) is 5.02 Å². The smallest absolute Gasteiger partial charge is 0.336 e. The maximum Gasteiger partial charge on any atom is 0.336 e. The first-order valence-corrected chi connectivity index (χ1v) is 7.05. The van der Waals surface area contributed by atoms with Crippen LogP contribution in [0, 0.1) is 0 Å². The van der Waals surface area contributed by atoms with E-state index < -0.39 is 5.97 Å². The molecule has 5 heteroatoms. The summed E-state index contributed by atoms with van der Waals surface area (Å²) >= 11 is 6.10. The van der Waals surface area contributed by atoms with Crippen LogP contribution < -0.4 is 4.74 Å². The highest BCUT2D eigenvalue weighted by Gasteiger charge is 2.12. The third-order valence-corrected chi connectivity index (χ3v) is 3.25. The van der Waals surface area contributed by atoms with E-state index in [1.807, 2.05) is 6.92 Å². The Bertz CT molecular complexity index is 722. The Labute approximate surface area is 133 Å². The Morgan fingerprint density at radius 1 is 1.27 bits per heavy atom. The van der Waals surface area contributed by atoms with Crippen molar-refractivity contribution in [2.45, 2.75) is 6.92 Å². The van der Waals surface area contributed by atoms with Crippen LogP contribution >= 0.6 is 11.6 Å². The number of carboxylic acid groups (broad SMARTS) is 1. The molecule has 4 nitrogen and oxygen atoms in total. The second-order valence-electron chi connectivity index (χ2n) is 4.54. The molecule has 2 aromatic carbocycles. The van der Waals surface area contributed by atoms with E-state index in [-0.39, 0.29) is 11.3 Å². The fraction of sp³-hybridized carbons (Fsp3) is 0.118. The van der Waals surface area contributed by atoms with Gasteiger partial charge in [-0.05, 0) is 48.4 Å². The molecule has 0 amide bonds. The lowest BCUT2D eigenvalue weighted by Gasteiger charge is -2.07. The van der Waals surface area contributed by atoms with Gasteiger partial charge >= 0.3 is 5.97 Å². The minimum Gasteiger partial charge on any atom is -0.508 e. The molecule has 2 aromatic rings. The molecule has 2 N–H and O–H groups in total. The minimum atomic E-state index is -1.09. The molecule has 114 valence electrons. The SMILES string of the molecule is CCOc1ccc(/C=C(\C(=O)O)c2cccc(O)c2)cc1Cl. The zero-order valence-corrected chi connectivity index (χ0v) is 12.7. The maximum absolute atomic E-state index is 11.5. The summed E-state index contributed by atoms with van der Waals surface area (Å²) in [5.74, 6) is -0.527. The minimum absolute atomic E-state index is 0.00868. The molecule has 0 aliphatic heterocycles. The first-order valence-electron chi connectivity index (χ1n) is 6.68. The number of hydrogen-bond acceptors (Lipinski definition) is 3. The van der Waals surface area contributed by atoms with Crippen LogP contribution in [0.15, 0.2) is 42.5 Å². The summed E-state index contributed by atoms with van der Waals surface area (Å²) in [7, 11) is 0. The van der Waals surface area contributed by atoms with E-state index >= 15 is 0 Å². The number of aliphatic carboxylic acids is 1. The van der Waals surface area contributed by atoms with E-state index in [0.29, 0.717) is 28.5 Å². The van der Waals surface area contributed by atoms with E-state index in [4.69, 9.17) is 16.3 Å². The van der Waals surface area contributed by atoms with Gasteiger partial charge < -0.3 is 14.9 Å². The first kappa shape index (κ1) is 15.9. The number of halogens is 1. The molecule has 0 heterocycles. The highest BCUT2D eigenvalue weighted by molar-refractivity contribution is 6.32. The Kier molecular flexibility index (Phi) is 5.07. The average Bonchev–Trinajstić information content (AvgIpc) is 2.47. The summed E-state index contributed by atoms with van der Waals surface area (Å²) in [6.45, 7) is 2.35. The highest BCUT2D eigenvalue weighted by Crippen LogP contribution is 2.28. The van der Waals surface area contributed by atoms with Crippen molar-refractivity contribution >= 4 is 29.2 Å². The molecule has 0 aliphatic rings. The molecule has 0 saturated carbocycles. The van der Waals surface area contributed by atoms with Crippen molar-refractivity contribution in [2.24, 2.45) is 0 Å². The number of benzene rings is 2. The standard InChI is InChI=1S/C17H15ClO4/c1-2-22-16-7-6-11(9-15(16)18)8-14(17(20)21)12-4-3-5-13(19)10-12/h3-10,19H,2H2,1H3,(H,20,21)/b14-8-. The molecule has 22 heavy (non-hydrogen) atoms. The van der Waals surface area contributed by atoms with E-state index in [1.165, 1.54) is 18.2 Å². The normalized spacial score (nSPS) is 11.3. The zero-order chi connectivity index (χ0) is 16.1. The van der Waals surface area contributed by atoms with Crippen LogP contribution in [0.1, 0.15) is 18.1 Å². The summed E-state index contributed by atoms with van der Waals surface area (Å²) in [6, 6.07) is 11.1. The van der Waals surface area contributed by atoms with Gasteiger partial charge in [0.05, 0.1) is 17.2 Å². The molecule has 0 bridgehead atoms. The highest BCUT2D eigenvalue weighted by atomic mass is 35.5. The predicted molar refractivity (Wildman–Crippen MR) is 86.2 cm³/mol. The Morgan fingerprint density at radius 3 is 2.64 bits per heavy atom. The molecule has 0 atom stereocenters. The molecule has 0 saturated heterocycles. The molecule has 0 aromatic heterocycles. The maximum atomic E-state index is 11.5. The second kappa shape index (κ2) is 7.00. The van der Waals surface area contributed by atoms with Crippen molar-refractivity contribution in [3.63, 3.8) is 0 Å². The van der Waals surface area contributed by atoms with Crippen molar-refractivity contribution in [1.29, 1.82) is 0 Å². The number of rotatable bonds is 5. The van der Waals surface area contributed by atoms with Gasteiger partial charge in [-0.1, -0.05) is 29.8 Å². The number of carboxylic acids is 1. The van der Waals surface area contributed by atoms with Gasteiger partial charge in [0.2, 0.25) is 0 Å². The van der Waals surface area contributed by atoms with Crippen molar-refractivity contribution in [3.8, 4) is 11.5 Å². The zero-order valence-electron chi connectivity index (χ0n) is 11.9. The van der Waals surface area contributed by atoms with Gasteiger partial charge in [0.15, 0.2) is 0 Å². The quantitative estimate of drug-likeness (QED) is 0.644. The van der Waals surface area contributed by atoms with Gasteiger partial charge in [0, 0.05) is 0 Å². The Hall–Kier alpha value is -2.46. The van der Waals surface area contributed by atoms with Gasteiger partial charge in [0.25, 0.3) is 0 Å². The van der Waals surface area contributed by atoms with Crippen LogP contribution in [-0.4, -0.2) is 22.8 Å². The lowest BCUT2D eigenvalue weighted by atomic mass is 10.0. The number of aromatic hydroxyl groups is 1. The van der Waals surface area contributed by atoms with Gasteiger partial charge in [-0.25, -0.2) is 4.79 Å². The molecule has 0 unspecified atom stereocenters. The third kappa shape index (κ3) is 3.80. The number of phenolic OH excluding ortho intramolecular Hbond substituents is 1. The lowest BCUT2D eigenvalue weighted by molar-refractivity contribution is -0.130. The van der Waals surface area contributed by atoms with Crippen LogP contribution in [-0.2, 0) is 4.79 Å². The number of phenols is 1. The van der Waals surface area contributed by atoms with Crippen molar-refractivity contribution in [3.05, 3.63) is 58.6 Å². The molecule has 2 rings (SSSR count). The second-order valence-corrected chi connectivity index (χ2v) is 4.94. The summed E-state index contributed by atoms with van der Waals surface area (Å²) in [5, 5.41) is 19.3. The van der Waals surface area contributed by atoms with Crippen LogP contribution in [0.3, 0.4) is 0 Å². The topological polar surface area (TPSA) is 66.8 Å². The van der Waals surface area contributed by atoms with Gasteiger partial charge in [-0.3, -0.25) is 0 Å². The third-order valence-electron chi connectivity index (χ3n) is 2.95. The van der Waals surface area contributed by atoms with E-state index in [9.17, 15) is 15.0 Å². The summed E-state index contributed by atoms with van der Waals surface area (Å²) < 4.78 is 5.34. The Morgan fingerprint density at radius 2 is 2.05 bits per heavy atom. The van der Waals surface area contributed by atoms with E-state index in [2.05, 4.69) is 0 Å². The summed E-state index contributed by atoms with van der Waals surface area (Å²) in [4.78, 5) is 11.5. The lowest BCUT2D eigenvalue weighted by Crippen LogP contribution is -1.99. The molecular weight excluding hydrogens is 304 g/mol. The van der Waals surface area contributed by atoms with Crippen molar-refractivity contribution < 1.29 is 19.7 Å². The summed E-state index contributed by atoms with van der Waals surface area (Å²) in [5.41, 5.74) is 1.11. The predicted octanol–water partition coefficient (Wildman–Crippen LogP) is 4.07. The monoisotopic (exact) mass is 318 g/mol. The van der Waals surface area contributed by atoms with E-state index in [0.717, 1.165) is 0 Å². The average molecular weight is 319 g/mol. The molecular formula is C17H15ClO4. The number of ether oxygens (including phenoxy) is 1. The van der Waals surface area contributed by atoms with Crippen molar-refractivity contribution in [1.82, 2.24) is 0 Å².